The van der Waals surface area contributed by atoms with Gasteiger partial charge < -0.3 is 4.74 Å². The molecule has 2 unspecified atom stereocenters. The van der Waals surface area contributed by atoms with Gasteiger partial charge in [0, 0.05) is 12.8 Å². The third-order valence-electron chi connectivity index (χ3n) is 4.89. The SMILES string of the molecule is CC(=O)O[C@H](C)C1CCCC1P(c1ccccc1)c1ccccc1. The normalized spacial score (nSPS) is 21.6. The zero-order chi connectivity index (χ0) is 16.9. The van der Waals surface area contributed by atoms with Crippen LogP contribution in [0.3, 0.4) is 0 Å². The average molecular weight is 340 g/mol. The van der Waals surface area contributed by atoms with E-state index in [1.807, 2.05) is 0 Å². The number of ether oxygens (including phenoxy) is 1. The van der Waals surface area contributed by atoms with Gasteiger partial charge in [0.15, 0.2) is 0 Å². The lowest BCUT2D eigenvalue weighted by Gasteiger charge is -2.33. The van der Waals surface area contributed by atoms with Crippen molar-refractivity contribution in [1.82, 2.24) is 0 Å². The van der Waals surface area contributed by atoms with E-state index in [0.717, 1.165) is 6.42 Å². The highest BCUT2D eigenvalue weighted by Crippen LogP contribution is 2.51. The molecular weight excluding hydrogens is 315 g/mol. The van der Waals surface area contributed by atoms with Crippen molar-refractivity contribution < 1.29 is 9.53 Å². The van der Waals surface area contributed by atoms with Crippen LogP contribution in [0.25, 0.3) is 0 Å². The molecule has 3 atom stereocenters. The van der Waals surface area contributed by atoms with Crippen LogP contribution < -0.4 is 10.6 Å². The predicted molar refractivity (Wildman–Crippen MR) is 101 cm³/mol. The van der Waals surface area contributed by atoms with Crippen LogP contribution in [-0.2, 0) is 9.53 Å². The Hall–Kier alpha value is -1.66. The molecule has 1 aliphatic carbocycles. The minimum Gasteiger partial charge on any atom is -0.463 e. The number of carbonyl (C=O) groups excluding carboxylic acids is 1. The Morgan fingerprint density at radius 3 is 2.04 bits per heavy atom. The second-order valence-electron chi connectivity index (χ2n) is 6.52. The first-order valence-corrected chi connectivity index (χ1v) is 10.1. The van der Waals surface area contributed by atoms with Gasteiger partial charge in [0.05, 0.1) is 0 Å². The summed E-state index contributed by atoms with van der Waals surface area (Å²) < 4.78 is 5.56. The second-order valence-corrected chi connectivity index (χ2v) is 8.95. The van der Waals surface area contributed by atoms with Gasteiger partial charge >= 0.3 is 5.97 Å². The molecule has 126 valence electrons. The molecule has 0 aromatic heterocycles. The Morgan fingerprint density at radius 1 is 1.00 bits per heavy atom. The van der Waals surface area contributed by atoms with Gasteiger partial charge in [0.1, 0.15) is 6.10 Å². The summed E-state index contributed by atoms with van der Waals surface area (Å²) in [7, 11) is -0.440. The molecule has 0 aliphatic heterocycles. The Balaban J connectivity index is 1.94. The molecule has 3 heteroatoms. The maximum Gasteiger partial charge on any atom is 0.302 e. The fraction of sp³-hybridized carbons (Fsp3) is 0.381. The first-order valence-electron chi connectivity index (χ1n) is 8.73. The molecule has 1 fully saturated rings. The summed E-state index contributed by atoms with van der Waals surface area (Å²) in [6, 6.07) is 21.7. The van der Waals surface area contributed by atoms with Crippen LogP contribution in [-0.4, -0.2) is 17.7 Å². The minimum atomic E-state index is -0.440. The number of carbonyl (C=O) groups is 1. The van der Waals surface area contributed by atoms with Crippen molar-refractivity contribution in [3.05, 3.63) is 60.7 Å². The van der Waals surface area contributed by atoms with Crippen LogP contribution >= 0.6 is 7.92 Å². The number of benzene rings is 2. The molecule has 0 N–H and O–H groups in total. The second kappa shape index (κ2) is 7.94. The topological polar surface area (TPSA) is 26.3 Å². The van der Waals surface area contributed by atoms with Gasteiger partial charge in [-0.25, -0.2) is 0 Å². The van der Waals surface area contributed by atoms with Crippen LogP contribution in [0.1, 0.15) is 33.1 Å². The summed E-state index contributed by atoms with van der Waals surface area (Å²) in [6.45, 7) is 3.57. The van der Waals surface area contributed by atoms with E-state index in [-0.39, 0.29) is 12.1 Å². The van der Waals surface area contributed by atoms with Crippen molar-refractivity contribution in [2.24, 2.45) is 5.92 Å². The molecule has 0 bridgehead atoms. The molecule has 0 spiro atoms. The molecular formula is C21H25O2P. The lowest BCUT2D eigenvalue weighted by atomic mass is 10.0. The highest BCUT2D eigenvalue weighted by molar-refractivity contribution is 7.73. The van der Waals surface area contributed by atoms with Crippen molar-refractivity contribution in [3.63, 3.8) is 0 Å². The third kappa shape index (κ3) is 3.87. The quantitative estimate of drug-likeness (QED) is 0.601. The summed E-state index contributed by atoms with van der Waals surface area (Å²) >= 11 is 0. The molecule has 1 saturated carbocycles. The molecule has 0 radical (unpaired) electrons. The van der Waals surface area contributed by atoms with Gasteiger partial charge in [-0.05, 0) is 44.0 Å². The number of hydrogen-bond donors (Lipinski definition) is 0. The van der Waals surface area contributed by atoms with E-state index >= 15 is 0 Å². The van der Waals surface area contributed by atoms with Gasteiger partial charge in [0.25, 0.3) is 0 Å². The lowest BCUT2D eigenvalue weighted by molar-refractivity contribution is -0.147. The molecule has 2 nitrogen and oxygen atoms in total. The maximum atomic E-state index is 11.4. The van der Waals surface area contributed by atoms with Crippen molar-refractivity contribution in [2.45, 2.75) is 44.9 Å². The Kier molecular flexibility index (Phi) is 5.68. The Morgan fingerprint density at radius 2 is 1.54 bits per heavy atom. The molecule has 0 heterocycles. The zero-order valence-electron chi connectivity index (χ0n) is 14.4. The van der Waals surface area contributed by atoms with Crippen molar-refractivity contribution in [2.75, 3.05) is 0 Å². The standard InChI is InChI=1S/C21H25O2P/c1-16(23-17(2)22)20-14-9-15-21(20)24(18-10-5-3-6-11-18)19-12-7-4-8-13-19/h3-8,10-13,16,20-21H,9,14-15H2,1-2H3/t16-,20?,21?/m1/s1. The summed E-state index contributed by atoms with van der Waals surface area (Å²) in [5, 5.41) is 2.84. The smallest absolute Gasteiger partial charge is 0.302 e. The van der Waals surface area contributed by atoms with Gasteiger partial charge in [0.2, 0.25) is 0 Å². The first kappa shape index (κ1) is 17.2. The maximum absolute atomic E-state index is 11.4. The van der Waals surface area contributed by atoms with Crippen molar-refractivity contribution in [1.29, 1.82) is 0 Å². The fourth-order valence-corrected chi connectivity index (χ4v) is 7.16. The average Bonchev–Trinajstić information content (AvgIpc) is 3.06. The van der Waals surface area contributed by atoms with Crippen LogP contribution in [0.5, 0.6) is 0 Å². The summed E-state index contributed by atoms with van der Waals surface area (Å²) in [5.41, 5.74) is 0.569. The van der Waals surface area contributed by atoms with E-state index in [9.17, 15) is 4.79 Å². The van der Waals surface area contributed by atoms with Crippen LogP contribution in [0.2, 0.25) is 0 Å². The first-order chi connectivity index (χ1) is 11.7. The lowest BCUT2D eigenvalue weighted by Crippen LogP contribution is -2.32. The molecule has 3 rings (SSSR count). The van der Waals surface area contributed by atoms with E-state index < -0.39 is 7.92 Å². The highest BCUT2D eigenvalue weighted by atomic mass is 31.1. The van der Waals surface area contributed by atoms with Crippen LogP contribution in [0.4, 0.5) is 0 Å². The van der Waals surface area contributed by atoms with Crippen molar-refractivity contribution >= 4 is 24.5 Å². The molecule has 1 aliphatic rings. The molecule has 2 aromatic carbocycles. The summed E-state index contributed by atoms with van der Waals surface area (Å²) in [4.78, 5) is 11.4. The summed E-state index contributed by atoms with van der Waals surface area (Å²) in [5.74, 6) is 0.275. The molecule has 2 aromatic rings. The van der Waals surface area contributed by atoms with Crippen molar-refractivity contribution in [3.8, 4) is 0 Å². The van der Waals surface area contributed by atoms with Gasteiger partial charge in [-0.15, -0.1) is 0 Å². The van der Waals surface area contributed by atoms with Crippen LogP contribution in [0, 0.1) is 5.92 Å². The van der Waals surface area contributed by atoms with E-state index in [2.05, 4.69) is 67.6 Å². The summed E-state index contributed by atoms with van der Waals surface area (Å²) in [6.07, 6.45) is 3.58. The minimum absolute atomic E-state index is 0.00701. The molecule has 0 saturated heterocycles. The Labute approximate surface area is 146 Å². The predicted octanol–water partition coefficient (Wildman–Crippen LogP) is 4.24. The fourth-order valence-electron chi connectivity index (χ4n) is 3.90. The van der Waals surface area contributed by atoms with Gasteiger partial charge in [-0.3, -0.25) is 4.79 Å². The van der Waals surface area contributed by atoms with Gasteiger partial charge in [-0.1, -0.05) is 67.1 Å². The van der Waals surface area contributed by atoms with E-state index in [1.54, 1.807) is 0 Å². The highest BCUT2D eigenvalue weighted by Gasteiger charge is 2.39. The molecule has 0 amide bonds. The molecule has 24 heavy (non-hydrogen) atoms. The monoisotopic (exact) mass is 340 g/mol. The number of esters is 1. The van der Waals surface area contributed by atoms with E-state index in [4.69, 9.17) is 4.74 Å². The third-order valence-corrected chi connectivity index (χ3v) is 7.90. The van der Waals surface area contributed by atoms with Crippen LogP contribution in [0.15, 0.2) is 60.7 Å². The number of hydrogen-bond acceptors (Lipinski definition) is 2. The van der Waals surface area contributed by atoms with Gasteiger partial charge in [-0.2, -0.15) is 0 Å². The number of rotatable bonds is 5. The van der Waals surface area contributed by atoms with E-state index in [0.29, 0.717) is 11.6 Å². The van der Waals surface area contributed by atoms with E-state index in [1.165, 1.54) is 30.4 Å². The zero-order valence-corrected chi connectivity index (χ0v) is 15.3. The largest absolute Gasteiger partial charge is 0.463 e. The Bertz CT molecular complexity index is 617.